The van der Waals surface area contributed by atoms with Gasteiger partial charge in [0.25, 0.3) is 0 Å². The van der Waals surface area contributed by atoms with Crippen molar-refractivity contribution < 1.29 is 14.2 Å². The molecule has 0 fully saturated rings. The number of hydrogen-bond donors (Lipinski definition) is 1. The molecule has 0 aliphatic carbocycles. The Balaban J connectivity index is 1.73. The van der Waals surface area contributed by atoms with Crippen molar-refractivity contribution in [2.45, 2.75) is 6.61 Å². The van der Waals surface area contributed by atoms with Crippen molar-refractivity contribution in [3.8, 4) is 11.5 Å². The van der Waals surface area contributed by atoms with Gasteiger partial charge in [-0.05, 0) is 17.7 Å². The van der Waals surface area contributed by atoms with E-state index >= 15 is 0 Å². The van der Waals surface area contributed by atoms with Crippen LogP contribution in [0.5, 0.6) is 11.5 Å². The molecule has 4 heteroatoms. The maximum Gasteiger partial charge on any atom is 0.162 e. The zero-order chi connectivity index (χ0) is 14.2. The van der Waals surface area contributed by atoms with Crippen molar-refractivity contribution in [2.75, 3.05) is 26.1 Å². The topological polar surface area (TPSA) is 53.7 Å². The van der Waals surface area contributed by atoms with Gasteiger partial charge < -0.3 is 19.9 Å². The number of methoxy groups -OCH3 is 1. The van der Waals surface area contributed by atoms with Crippen LogP contribution < -0.4 is 15.2 Å². The van der Waals surface area contributed by atoms with Crippen LogP contribution in [0.2, 0.25) is 0 Å². The second kappa shape index (κ2) is 7.40. The number of anilines is 1. The lowest BCUT2D eigenvalue weighted by atomic mass is 10.2. The fraction of sp³-hybridized carbons (Fsp3) is 0.250. The zero-order valence-electron chi connectivity index (χ0n) is 11.5. The highest BCUT2D eigenvalue weighted by molar-refractivity contribution is 5.51. The second-order valence-corrected chi connectivity index (χ2v) is 4.30. The summed E-state index contributed by atoms with van der Waals surface area (Å²) in [5, 5.41) is 0. The molecule has 20 heavy (non-hydrogen) atoms. The third kappa shape index (κ3) is 4.17. The molecule has 2 N–H and O–H groups in total. The summed E-state index contributed by atoms with van der Waals surface area (Å²) < 4.78 is 16.4. The number of ether oxygens (including phenoxy) is 3. The number of rotatable bonds is 7. The molecule has 0 heterocycles. The van der Waals surface area contributed by atoms with E-state index in [0.29, 0.717) is 37.0 Å². The van der Waals surface area contributed by atoms with Gasteiger partial charge in [-0.15, -0.1) is 0 Å². The maximum absolute atomic E-state index is 5.68. The molecule has 4 nitrogen and oxygen atoms in total. The average Bonchev–Trinajstić information content (AvgIpc) is 2.49. The molecule has 0 radical (unpaired) electrons. The van der Waals surface area contributed by atoms with Crippen LogP contribution in [0, 0.1) is 0 Å². The molecular weight excluding hydrogens is 254 g/mol. The zero-order valence-corrected chi connectivity index (χ0v) is 11.5. The molecule has 0 unspecified atom stereocenters. The van der Waals surface area contributed by atoms with Crippen molar-refractivity contribution in [1.82, 2.24) is 0 Å². The standard InChI is InChI=1S/C16H19NO3/c1-18-16-11-14(17)7-8-15(16)20-10-9-19-12-13-5-3-2-4-6-13/h2-8,11H,9-10,12,17H2,1H3. The fourth-order valence-corrected chi connectivity index (χ4v) is 1.78. The summed E-state index contributed by atoms with van der Waals surface area (Å²) in [5.74, 6) is 1.30. The summed E-state index contributed by atoms with van der Waals surface area (Å²) in [4.78, 5) is 0. The predicted octanol–water partition coefficient (Wildman–Crippen LogP) is 2.87. The largest absolute Gasteiger partial charge is 0.493 e. The molecule has 0 spiro atoms. The van der Waals surface area contributed by atoms with Gasteiger partial charge >= 0.3 is 0 Å². The van der Waals surface area contributed by atoms with Gasteiger partial charge in [-0.2, -0.15) is 0 Å². The first kappa shape index (κ1) is 14.2. The Kier molecular flexibility index (Phi) is 5.26. The van der Waals surface area contributed by atoms with E-state index in [1.54, 1.807) is 25.3 Å². The molecule has 2 rings (SSSR count). The Morgan fingerprint density at radius 3 is 2.50 bits per heavy atom. The molecule has 2 aromatic rings. The molecule has 106 valence electrons. The summed E-state index contributed by atoms with van der Waals surface area (Å²) in [6.45, 7) is 1.57. The van der Waals surface area contributed by atoms with Crippen LogP contribution in [-0.4, -0.2) is 20.3 Å². The molecule has 0 aliphatic heterocycles. The fourth-order valence-electron chi connectivity index (χ4n) is 1.78. The van der Waals surface area contributed by atoms with E-state index in [1.165, 1.54) is 0 Å². The van der Waals surface area contributed by atoms with Gasteiger partial charge in [-0.1, -0.05) is 30.3 Å². The Hall–Kier alpha value is -2.20. The molecular formula is C16H19NO3. The molecule has 0 amide bonds. The van der Waals surface area contributed by atoms with E-state index in [9.17, 15) is 0 Å². The van der Waals surface area contributed by atoms with Crippen molar-refractivity contribution in [3.05, 3.63) is 54.1 Å². The van der Waals surface area contributed by atoms with Gasteiger partial charge in [0.15, 0.2) is 11.5 Å². The second-order valence-electron chi connectivity index (χ2n) is 4.30. The summed E-state index contributed by atoms with van der Waals surface area (Å²) in [7, 11) is 1.59. The van der Waals surface area contributed by atoms with Crippen LogP contribution in [0.4, 0.5) is 5.69 Å². The average molecular weight is 273 g/mol. The molecule has 0 aromatic heterocycles. The van der Waals surface area contributed by atoms with Crippen molar-refractivity contribution in [1.29, 1.82) is 0 Å². The third-order valence-corrected chi connectivity index (χ3v) is 2.78. The Bertz CT molecular complexity index is 529. The van der Waals surface area contributed by atoms with E-state index in [4.69, 9.17) is 19.9 Å². The highest BCUT2D eigenvalue weighted by Crippen LogP contribution is 2.28. The lowest BCUT2D eigenvalue weighted by Gasteiger charge is -2.11. The molecule has 2 aromatic carbocycles. The quantitative estimate of drug-likeness (QED) is 0.622. The smallest absolute Gasteiger partial charge is 0.162 e. The third-order valence-electron chi connectivity index (χ3n) is 2.78. The first-order valence-electron chi connectivity index (χ1n) is 6.47. The first-order chi connectivity index (χ1) is 9.79. The lowest BCUT2D eigenvalue weighted by molar-refractivity contribution is 0.0880. The van der Waals surface area contributed by atoms with E-state index in [2.05, 4.69) is 0 Å². The van der Waals surface area contributed by atoms with Crippen molar-refractivity contribution in [2.24, 2.45) is 0 Å². The number of nitrogen functional groups attached to an aromatic ring is 1. The van der Waals surface area contributed by atoms with Crippen LogP contribution in [0.25, 0.3) is 0 Å². The Morgan fingerprint density at radius 1 is 0.950 bits per heavy atom. The van der Waals surface area contributed by atoms with Crippen LogP contribution in [0.3, 0.4) is 0 Å². The normalized spacial score (nSPS) is 10.2. The Morgan fingerprint density at radius 2 is 1.75 bits per heavy atom. The number of benzene rings is 2. The van der Waals surface area contributed by atoms with Crippen molar-refractivity contribution in [3.63, 3.8) is 0 Å². The lowest BCUT2D eigenvalue weighted by Crippen LogP contribution is -2.07. The van der Waals surface area contributed by atoms with Crippen LogP contribution in [0.15, 0.2) is 48.5 Å². The summed E-state index contributed by atoms with van der Waals surface area (Å²) in [6.07, 6.45) is 0. The predicted molar refractivity (Wildman–Crippen MR) is 79.0 cm³/mol. The van der Waals surface area contributed by atoms with Crippen LogP contribution in [-0.2, 0) is 11.3 Å². The molecule has 0 atom stereocenters. The van der Waals surface area contributed by atoms with Crippen molar-refractivity contribution >= 4 is 5.69 Å². The van der Waals surface area contributed by atoms with E-state index in [1.807, 2.05) is 30.3 Å². The molecule has 0 aliphatic rings. The minimum atomic E-state index is 0.465. The van der Waals surface area contributed by atoms with Gasteiger partial charge in [-0.3, -0.25) is 0 Å². The number of nitrogens with two attached hydrogens (primary N) is 1. The SMILES string of the molecule is COc1cc(N)ccc1OCCOCc1ccccc1. The van der Waals surface area contributed by atoms with E-state index in [-0.39, 0.29) is 0 Å². The van der Waals surface area contributed by atoms with Crippen LogP contribution >= 0.6 is 0 Å². The minimum Gasteiger partial charge on any atom is -0.493 e. The highest BCUT2D eigenvalue weighted by atomic mass is 16.5. The van der Waals surface area contributed by atoms with E-state index in [0.717, 1.165) is 5.56 Å². The first-order valence-corrected chi connectivity index (χ1v) is 6.47. The maximum atomic E-state index is 5.68. The Labute approximate surface area is 119 Å². The van der Waals surface area contributed by atoms with Gasteiger partial charge in [0.05, 0.1) is 20.3 Å². The number of hydrogen-bond acceptors (Lipinski definition) is 4. The monoisotopic (exact) mass is 273 g/mol. The highest BCUT2D eigenvalue weighted by Gasteiger charge is 2.04. The summed E-state index contributed by atoms with van der Waals surface area (Å²) in [5.41, 5.74) is 7.48. The summed E-state index contributed by atoms with van der Waals surface area (Å²) in [6, 6.07) is 15.4. The molecule has 0 bridgehead atoms. The van der Waals surface area contributed by atoms with Gasteiger partial charge in [0, 0.05) is 11.8 Å². The molecule has 0 saturated heterocycles. The molecule has 0 saturated carbocycles. The van der Waals surface area contributed by atoms with Crippen LogP contribution in [0.1, 0.15) is 5.56 Å². The van der Waals surface area contributed by atoms with Gasteiger partial charge in [-0.25, -0.2) is 0 Å². The summed E-state index contributed by atoms with van der Waals surface area (Å²) >= 11 is 0. The van der Waals surface area contributed by atoms with Gasteiger partial charge in [0.1, 0.15) is 6.61 Å². The van der Waals surface area contributed by atoms with Gasteiger partial charge in [0.2, 0.25) is 0 Å². The van der Waals surface area contributed by atoms with E-state index < -0.39 is 0 Å². The minimum absolute atomic E-state index is 0.465.